The molecule has 0 spiro atoms. The van der Waals surface area contributed by atoms with Crippen molar-refractivity contribution in [1.29, 1.82) is 0 Å². The molecular weight excluding hydrogens is 268 g/mol. The average molecular weight is 283 g/mol. The number of pyridine rings is 1. The van der Waals surface area contributed by atoms with E-state index < -0.39 is 0 Å². The first-order valence-corrected chi connectivity index (χ1v) is 6.37. The topological polar surface area (TPSA) is 42.0 Å². The van der Waals surface area contributed by atoms with Crippen LogP contribution in [0.2, 0.25) is 0 Å². The van der Waals surface area contributed by atoms with Gasteiger partial charge in [-0.05, 0) is 47.3 Å². The van der Waals surface area contributed by atoms with Gasteiger partial charge in [-0.15, -0.1) is 0 Å². The Morgan fingerprint density at radius 2 is 2.44 bits per heavy atom. The molecular formula is C12H15BrN2O. The van der Waals surface area contributed by atoms with E-state index in [-0.39, 0.29) is 11.9 Å². The molecule has 0 saturated heterocycles. The van der Waals surface area contributed by atoms with Crippen molar-refractivity contribution in [3.05, 3.63) is 28.5 Å². The number of rotatable bonds is 4. The van der Waals surface area contributed by atoms with E-state index in [0.717, 1.165) is 12.3 Å². The molecule has 1 fully saturated rings. The van der Waals surface area contributed by atoms with Crippen molar-refractivity contribution in [3.63, 3.8) is 0 Å². The van der Waals surface area contributed by atoms with Crippen LogP contribution in [0.4, 0.5) is 0 Å². The summed E-state index contributed by atoms with van der Waals surface area (Å²) in [5.41, 5.74) is 0.657. The molecule has 1 unspecified atom stereocenters. The van der Waals surface area contributed by atoms with Crippen molar-refractivity contribution in [3.8, 4) is 0 Å². The highest BCUT2D eigenvalue weighted by atomic mass is 79.9. The Bertz CT molecular complexity index is 390. The molecule has 1 aromatic rings. The minimum Gasteiger partial charge on any atom is -0.350 e. The molecule has 1 amide bonds. The third-order valence-electron chi connectivity index (χ3n) is 2.75. The summed E-state index contributed by atoms with van der Waals surface area (Å²) in [6.45, 7) is 2.06. The minimum atomic E-state index is -0.0174. The largest absolute Gasteiger partial charge is 0.350 e. The molecule has 1 aliphatic rings. The second-order valence-electron chi connectivity index (χ2n) is 4.42. The number of carbonyl (C=O) groups is 1. The molecule has 1 aliphatic carbocycles. The van der Waals surface area contributed by atoms with Crippen LogP contribution in [-0.4, -0.2) is 16.9 Å². The van der Waals surface area contributed by atoms with Crippen LogP contribution in [-0.2, 0) is 0 Å². The van der Waals surface area contributed by atoms with Crippen molar-refractivity contribution in [2.24, 2.45) is 5.92 Å². The lowest BCUT2D eigenvalue weighted by molar-refractivity contribution is 0.0937. The Balaban J connectivity index is 1.91. The number of aromatic nitrogens is 1. The molecule has 1 N–H and O–H groups in total. The van der Waals surface area contributed by atoms with Gasteiger partial charge >= 0.3 is 0 Å². The molecule has 1 atom stereocenters. The van der Waals surface area contributed by atoms with Gasteiger partial charge in [-0.3, -0.25) is 4.79 Å². The van der Waals surface area contributed by atoms with Gasteiger partial charge in [0, 0.05) is 17.8 Å². The molecule has 2 rings (SSSR count). The van der Waals surface area contributed by atoms with Crippen LogP contribution in [0.1, 0.15) is 36.5 Å². The van der Waals surface area contributed by atoms with E-state index >= 15 is 0 Å². The monoisotopic (exact) mass is 282 g/mol. The van der Waals surface area contributed by atoms with Crippen molar-refractivity contribution < 1.29 is 4.79 Å². The molecule has 1 aromatic heterocycles. The first-order chi connectivity index (χ1) is 7.65. The third kappa shape index (κ3) is 3.30. The zero-order valence-corrected chi connectivity index (χ0v) is 10.8. The lowest BCUT2D eigenvalue weighted by Gasteiger charge is -2.13. The van der Waals surface area contributed by atoms with E-state index in [1.54, 1.807) is 18.3 Å². The highest BCUT2D eigenvalue weighted by Crippen LogP contribution is 2.33. The Kier molecular flexibility index (Phi) is 3.59. The smallest absolute Gasteiger partial charge is 0.251 e. The minimum absolute atomic E-state index is 0.0174. The van der Waals surface area contributed by atoms with E-state index in [1.165, 1.54) is 12.8 Å². The molecule has 0 aromatic carbocycles. The number of halogens is 1. The van der Waals surface area contributed by atoms with Crippen LogP contribution in [0.3, 0.4) is 0 Å². The fraction of sp³-hybridized carbons (Fsp3) is 0.500. The maximum absolute atomic E-state index is 11.8. The zero-order valence-electron chi connectivity index (χ0n) is 9.24. The van der Waals surface area contributed by atoms with Gasteiger partial charge in [0.25, 0.3) is 5.91 Å². The van der Waals surface area contributed by atoms with Gasteiger partial charge in [-0.25, -0.2) is 4.98 Å². The summed E-state index contributed by atoms with van der Waals surface area (Å²) in [5, 5.41) is 3.01. The molecule has 3 nitrogen and oxygen atoms in total. The summed E-state index contributed by atoms with van der Waals surface area (Å²) >= 11 is 3.26. The fourth-order valence-corrected chi connectivity index (χ4v) is 2.13. The number of nitrogens with zero attached hydrogens (tertiary/aromatic N) is 1. The van der Waals surface area contributed by atoms with Gasteiger partial charge in [-0.1, -0.05) is 12.8 Å². The molecule has 16 heavy (non-hydrogen) atoms. The normalized spacial score (nSPS) is 16.9. The fourth-order valence-electron chi connectivity index (χ4n) is 1.76. The highest BCUT2D eigenvalue weighted by Gasteiger charge is 2.24. The predicted molar refractivity (Wildman–Crippen MR) is 66.2 cm³/mol. The summed E-state index contributed by atoms with van der Waals surface area (Å²) in [5.74, 6) is 0.815. The van der Waals surface area contributed by atoms with Gasteiger partial charge < -0.3 is 5.32 Å². The summed E-state index contributed by atoms with van der Waals surface area (Å²) in [6, 6.07) is 3.72. The lowest BCUT2D eigenvalue weighted by Crippen LogP contribution is -2.32. The quantitative estimate of drug-likeness (QED) is 0.863. The van der Waals surface area contributed by atoms with Crippen molar-refractivity contribution in [2.45, 2.75) is 32.2 Å². The van der Waals surface area contributed by atoms with Crippen molar-refractivity contribution in [1.82, 2.24) is 10.3 Å². The number of amides is 1. The summed E-state index contributed by atoms with van der Waals surface area (Å²) in [6.07, 6.45) is 5.37. The maximum Gasteiger partial charge on any atom is 0.251 e. The Morgan fingerprint density at radius 3 is 3.06 bits per heavy atom. The summed E-state index contributed by atoms with van der Waals surface area (Å²) in [4.78, 5) is 15.8. The molecule has 0 aliphatic heterocycles. The van der Waals surface area contributed by atoms with Gasteiger partial charge in [0.05, 0.1) is 0 Å². The van der Waals surface area contributed by atoms with E-state index in [4.69, 9.17) is 0 Å². The highest BCUT2D eigenvalue weighted by molar-refractivity contribution is 9.10. The average Bonchev–Trinajstić information content (AvgIpc) is 3.01. The Hall–Kier alpha value is -0.900. The second-order valence-corrected chi connectivity index (χ2v) is 5.23. The summed E-state index contributed by atoms with van der Waals surface area (Å²) < 4.78 is 0.690. The molecule has 86 valence electrons. The number of carbonyl (C=O) groups excluding carboxylic acids is 1. The van der Waals surface area contributed by atoms with Crippen LogP contribution in [0.5, 0.6) is 0 Å². The molecule has 4 heteroatoms. The second kappa shape index (κ2) is 4.95. The zero-order chi connectivity index (χ0) is 11.5. The SMILES string of the molecule is CC(CC1CC1)NC(=O)c1ccnc(Br)c1. The van der Waals surface area contributed by atoms with Gasteiger partial charge in [0.15, 0.2) is 0 Å². The standard InChI is InChI=1S/C12H15BrN2O/c1-8(6-9-2-3-9)15-12(16)10-4-5-14-11(13)7-10/h4-5,7-9H,2-3,6H2,1H3,(H,15,16). The number of hydrogen-bond donors (Lipinski definition) is 1. The van der Waals surface area contributed by atoms with E-state index in [9.17, 15) is 4.79 Å². The first kappa shape index (κ1) is 11.6. The Morgan fingerprint density at radius 1 is 1.69 bits per heavy atom. The molecule has 1 saturated carbocycles. The molecule has 1 heterocycles. The first-order valence-electron chi connectivity index (χ1n) is 5.57. The molecule has 0 radical (unpaired) electrons. The van der Waals surface area contributed by atoms with Crippen LogP contribution in [0.25, 0.3) is 0 Å². The van der Waals surface area contributed by atoms with Crippen LogP contribution in [0.15, 0.2) is 22.9 Å². The van der Waals surface area contributed by atoms with Gasteiger partial charge in [-0.2, -0.15) is 0 Å². The number of hydrogen-bond acceptors (Lipinski definition) is 2. The van der Waals surface area contributed by atoms with E-state index in [0.29, 0.717) is 10.2 Å². The van der Waals surface area contributed by atoms with Gasteiger partial charge in [0.1, 0.15) is 4.60 Å². The van der Waals surface area contributed by atoms with E-state index in [2.05, 4.69) is 33.2 Å². The number of nitrogens with one attached hydrogen (secondary N) is 1. The summed E-state index contributed by atoms with van der Waals surface area (Å²) in [7, 11) is 0. The van der Waals surface area contributed by atoms with Crippen LogP contribution in [0, 0.1) is 5.92 Å². The maximum atomic E-state index is 11.8. The Labute approximate surface area is 104 Å². The van der Waals surface area contributed by atoms with Crippen LogP contribution >= 0.6 is 15.9 Å². The molecule has 0 bridgehead atoms. The van der Waals surface area contributed by atoms with Crippen LogP contribution < -0.4 is 5.32 Å². The van der Waals surface area contributed by atoms with Gasteiger partial charge in [0.2, 0.25) is 0 Å². The van der Waals surface area contributed by atoms with Crippen molar-refractivity contribution >= 4 is 21.8 Å². The third-order valence-corrected chi connectivity index (χ3v) is 3.18. The predicted octanol–water partition coefficient (Wildman–Crippen LogP) is 2.76. The lowest BCUT2D eigenvalue weighted by atomic mass is 10.1. The van der Waals surface area contributed by atoms with Crippen molar-refractivity contribution in [2.75, 3.05) is 0 Å². The van der Waals surface area contributed by atoms with E-state index in [1.807, 2.05) is 0 Å².